The third-order valence-corrected chi connectivity index (χ3v) is 5.55. The van der Waals surface area contributed by atoms with Gasteiger partial charge < -0.3 is 13.8 Å². The van der Waals surface area contributed by atoms with Crippen LogP contribution in [0.15, 0.2) is 53.7 Å². The minimum absolute atomic E-state index is 0.0564. The predicted molar refractivity (Wildman–Crippen MR) is 114 cm³/mol. The zero-order valence-electron chi connectivity index (χ0n) is 16.4. The molecule has 1 aromatic carbocycles. The van der Waals surface area contributed by atoms with Gasteiger partial charge in [0.25, 0.3) is 0 Å². The number of nitriles is 1. The molecular formula is C22H22N4O2S. The Kier molecular flexibility index (Phi) is 5.95. The quantitative estimate of drug-likeness (QED) is 0.590. The minimum Gasteiger partial charge on any atom is -0.369 e. The van der Waals surface area contributed by atoms with Crippen molar-refractivity contribution in [3.8, 4) is 6.07 Å². The number of aromatic nitrogens is 2. The van der Waals surface area contributed by atoms with Gasteiger partial charge in [-0.1, -0.05) is 17.7 Å². The smallest absolute Gasteiger partial charge is 0.166 e. The lowest BCUT2D eigenvalue weighted by Gasteiger charge is -2.38. The molecule has 1 fully saturated rings. The molecule has 4 rings (SSSR count). The van der Waals surface area contributed by atoms with E-state index in [1.54, 1.807) is 12.4 Å². The van der Waals surface area contributed by atoms with Crippen LogP contribution >= 0.6 is 12.0 Å². The Morgan fingerprint density at radius 3 is 2.86 bits per heavy atom. The number of rotatable bonds is 5. The lowest BCUT2D eigenvalue weighted by Crippen LogP contribution is -2.48. The molecule has 2 atom stereocenters. The summed E-state index contributed by atoms with van der Waals surface area (Å²) in [5.41, 5.74) is 3.18. The fraction of sp³-hybridized carbons (Fsp3) is 0.318. The number of fused-ring (bicyclic) bond motifs is 1. The number of ether oxygens (including phenoxy) is 1. The van der Waals surface area contributed by atoms with Crippen molar-refractivity contribution < 1.29 is 8.92 Å². The molecule has 3 heterocycles. The third kappa shape index (κ3) is 4.51. The van der Waals surface area contributed by atoms with Crippen LogP contribution in [-0.4, -0.2) is 41.9 Å². The fourth-order valence-corrected chi connectivity index (χ4v) is 4.10. The number of hydrogen-bond donors (Lipinski definition) is 0. The first-order valence-electron chi connectivity index (χ1n) is 9.54. The molecule has 7 heteroatoms. The lowest BCUT2D eigenvalue weighted by molar-refractivity contribution is -0.0339. The average molecular weight is 407 g/mol. The van der Waals surface area contributed by atoms with Crippen molar-refractivity contribution in [2.75, 3.05) is 24.6 Å². The van der Waals surface area contributed by atoms with E-state index in [9.17, 15) is 5.26 Å². The van der Waals surface area contributed by atoms with Crippen LogP contribution in [0.25, 0.3) is 10.9 Å². The number of morpholine rings is 1. The van der Waals surface area contributed by atoms with E-state index >= 15 is 0 Å². The summed E-state index contributed by atoms with van der Waals surface area (Å²) in [6.07, 6.45) is 3.46. The molecule has 0 bridgehead atoms. The first-order chi connectivity index (χ1) is 14.1. The molecule has 0 radical (unpaired) electrons. The molecule has 148 valence electrons. The Bertz CT molecular complexity index is 1040. The highest BCUT2D eigenvalue weighted by atomic mass is 32.2. The highest BCUT2D eigenvalue weighted by Gasteiger charge is 2.27. The van der Waals surface area contributed by atoms with Crippen molar-refractivity contribution in [2.24, 2.45) is 0 Å². The van der Waals surface area contributed by atoms with Gasteiger partial charge >= 0.3 is 0 Å². The van der Waals surface area contributed by atoms with Gasteiger partial charge in [-0.2, -0.15) is 5.26 Å². The third-order valence-electron chi connectivity index (χ3n) is 4.83. The molecule has 6 nitrogen and oxygen atoms in total. The molecule has 0 amide bonds. The summed E-state index contributed by atoms with van der Waals surface area (Å²) >= 11 is 1.37. The number of hydrogen-bond acceptors (Lipinski definition) is 7. The molecule has 1 aliphatic rings. The number of benzene rings is 1. The molecule has 3 aromatic rings. The van der Waals surface area contributed by atoms with E-state index in [1.807, 2.05) is 12.1 Å². The summed E-state index contributed by atoms with van der Waals surface area (Å²) in [6, 6.07) is 14.2. The zero-order chi connectivity index (χ0) is 20.2. The molecule has 1 saturated heterocycles. The van der Waals surface area contributed by atoms with Crippen molar-refractivity contribution >= 4 is 28.6 Å². The van der Waals surface area contributed by atoms with Crippen molar-refractivity contribution in [3.63, 3.8) is 0 Å². The lowest BCUT2D eigenvalue weighted by atomic mass is 10.1. The molecular weight excluding hydrogens is 384 g/mol. The summed E-state index contributed by atoms with van der Waals surface area (Å²) in [5, 5.41) is 10.3. The highest BCUT2D eigenvalue weighted by molar-refractivity contribution is 7.94. The number of pyridine rings is 2. The van der Waals surface area contributed by atoms with Gasteiger partial charge in [0.1, 0.15) is 11.6 Å². The average Bonchev–Trinajstić information content (AvgIpc) is 2.74. The Morgan fingerprint density at radius 1 is 1.24 bits per heavy atom. The fourth-order valence-electron chi connectivity index (χ4n) is 3.50. The van der Waals surface area contributed by atoms with Gasteiger partial charge in [0, 0.05) is 41.6 Å². The van der Waals surface area contributed by atoms with E-state index in [0.29, 0.717) is 24.4 Å². The van der Waals surface area contributed by atoms with E-state index in [4.69, 9.17) is 8.92 Å². The normalized spacial score (nSPS) is 19.3. The zero-order valence-corrected chi connectivity index (χ0v) is 17.2. The van der Waals surface area contributed by atoms with Crippen molar-refractivity contribution in [1.29, 1.82) is 5.26 Å². The maximum absolute atomic E-state index is 9.32. The van der Waals surface area contributed by atoms with Crippen LogP contribution < -0.4 is 4.90 Å². The van der Waals surface area contributed by atoms with Gasteiger partial charge in [0.2, 0.25) is 0 Å². The molecule has 2 unspecified atom stereocenters. The standard InChI is InChI=1S/C22H22N4O2S/c1-15-5-7-18(8-6-15)29-27-14-17-13-26(12-16(2)28-17)21-11-25-20(10-23)22-19(21)4-3-9-24-22/h3-9,11,16-17H,12-14H2,1-2H3. The summed E-state index contributed by atoms with van der Waals surface area (Å²) in [5.74, 6) is 0. The number of aryl methyl sites for hydroxylation is 1. The van der Waals surface area contributed by atoms with E-state index in [2.05, 4.69) is 59.1 Å². The first-order valence-corrected chi connectivity index (χ1v) is 10.3. The van der Waals surface area contributed by atoms with Crippen LogP contribution in [-0.2, 0) is 8.92 Å². The van der Waals surface area contributed by atoms with Crippen LogP contribution in [0.2, 0.25) is 0 Å². The molecule has 0 N–H and O–H groups in total. The monoisotopic (exact) mass is 406 g/mol. The Balaban J connectivity index is 1.47. The van der Waals surface area contributed by atoms with Gasteiger partial charge in [0.05, 0.1) is 30.7 Å². The second-order valence-corrected chi connectivity index (χ2v) is 8.03. The number of nitrogens with zero attached hydrogens (tertiary/aromatic N) is 4. The van der Waals surface area contributed by atoms with Gasteiger partial charge in [0.15, 0.2) is 5.69 Å². The molecule has 29 heavy (non-hydrogen) atoms. The molecule has 1 aliphatic heterocycles. The van der Waals surface area contributed by atoms with Crippen LogP contribution in [0.4, 0.5) is 5.69 Å². The summed E-state index contributed by atoms with van der Waals surface area (Å²) in [7, 11) is 0. The highest BCUT2D eigenvalue weighted by Crippen LogP contribution is 2.29. The predicted octanol–water partition coefficient (Wildman–Crippen LogP) is 4.13. The van der Waals surface area contributed by atoms with Gasteiger partial charge in [-0.3, -0.25) is 4.98 Å². The van der Waals surface area contributed by atoms with Crippen LogP contribution in [0.5, 0.6) is 0 Å². The Morgan fingerprint density at radius 2 is 2.07 bits per heavy atom. The summed E-state index contributed by atoms with van der Waals surface area (Å²) < 4.78 is 11.9. The van der Waals surface area contributed by atoms with Crippen LogP contribution in [0, 0.1) is 18.3 Å². The van der Waals surface area contributed by atoms with Crippen LogP contribution in [0.1, 0.15) is 18.2 Å². The summed E-state index contributed by atoms with van der Waals surface area (Å²) in [6.45, 7) is 6.05. The van der Waals surface area contributed by atoms with E-state index in [-0.39, 0.29) is 12.2 Å². The molecule has 2 aromatic heterocycles. The van der Waals surface area contributed by atoms with Crippen molar-refractivity contribution in [2.45, 2.75) is 31.0 Å². The maximum Gasteiger partial charge on any atom is 0.166 e. The molecule has 0 aliphatic carbocycles. The Hall–Kier alpha value is -2.66. The van der Waals surface area contributed by atoms with Gasteiger partial charge in [-0.15, -0.1) is 0 Å². The topological polar surface area (TPSA) is 71.3 Å². The van der Waals surface area contributed by atoms with E-state index in [0.717, 1.165) is 22.5 Å². The van der Waals surface area contributed by atoms with Gasteiger partial charge in [-0.05, 0) is 38.1 Å². The van der Waals surface area contributed by atoms with Crippen molar-refractivity contribution in [1.82, 2.24) is 9.97 Å². The first kappa shape index (κ1) is 19.6. The van der Waals surface area contributed by atoms with E-state index in [1.165, 1.54) is 17.6 Å². The van der Waals surface area contributed by atoms with E-state index < -0.39 is 0 Å². The van der Waals surface area contributed by atoms with Crippen LogP contribution in [0.3, 0.4) is 0 Å². The molecule has 0 spiro atoms. The molecule has 0 saturated carbocycles. The largest absolute Gasteiger partial charge is 0.369 e. The van der Waals surface area contributed by atoms with Crippen molar-refractivity contribution in [3.05, 3.63) is 60.0 Å². The maximum atomic E-state index is 9.32. The number of anilines is 1. The summed E-state index contributed by atoms with van der Waals surface area (Å²) in [4.78, 5) is 12.0. The second-order valence-electron chi connectivity index (χ2n) is 7.16. The minimum atomic E-state index is -0.0564. The second kappa shape index (κ2) is 8.78. The Labute approximate surface area is 174 Å². The van der Waals surface area contributed by atoms with Gasteiger partial charge in [-0.25, -0.2) is 4.98 Å². The SMILES string of the molecule is Cc1ccc(SOCC2CN(c3cnc(C#N)c4ncccc34)CC(C)O2)cc1.